The second-order valence-corrected chi connectivity index (χ2v) is 9.80. The van der Waals surface area contributed by atoms with Gasteiger partial charge in [-0.3, -0.25) is 4.90 Å². The van der Waals surface area contributed by atoms with Crippen LogP contribution in [0, 0.1) is 6.92 Å². The number of halogens is 1. The number of anilines is 2. The first-order valence-corrected chi connectivity index (χ1v) is 12.8. The van der Waals surface area contributed by atoms with Crippen molar-refractivity contribution >= 4 is 34.8 Å². The van der Waals surface area contributed by atoms with Crippen LogP contribution in [-0.4, -0.2) is 15.7 Å². The van der Waals surface area contributed by atoms with Crippen LogP contribution in [-0.2, 0) is 6.54 Å². The minimum absolute atomic E-state index is 0.0980. The topological polar surface area (TPSA) is 36.7 Å². The van der Waals surface area contributed by atoms with Gasteiger partial charge in [0.05, 0.1) is 35.3 Å². The third kappa shape index (κ3) is 3.54. The van der Waals surface area contributed by atoms with Crippen molar-refractivity contribution in [1.82, 2.24) is 9.78 Å². The normalized spacial score (nSPS) is 15.7. The SMILES string of the molecule is Cc1nn(-c2ccccc2)c2c1[C@H](c1ccc(Cl)cc1)N1C(=N2)N(Cc2ccccc2)c2ccccc21. The van der Waals surface area contributed by atoms with Crippen LogP contribution < -0.4 is 9.80 Å². The third-order valence-corrected chi connectivity index (χ3v) is 7.33. The molecule has 4 aromatic carbocycles. The van der Waals surface area contributed by atoms with Gasteiger partial charge in [0.15, 0.2) is 5.82 Å². The van der Waals surface area contributed by atoms with Gasteiger partial charge in [-0.2, -0.15) is 10.1 Å². The summed E-state index contributed by atoms with van der Waals surface area (Å²) in [5.74, 6) is 1.76. The fraction of sp³-hybridized carbons (Fsp3) is 0.0968. The molecule has 5 aromatic rings. The fourth-order valence-corrected chi connectivity index (χ4v) is 5.55. The van der Waals surface area contributed by atoms with Gasteiger partial charge >= 0.3 is 0 Å². The highest BCUT2D eigenvalue weighted by molar-refractivity contribution is 6.30. The van der Waals surface area contributed by atoms with Crippen molar-refractivity contribution in [3.63, 3.8) is 0 Å². The van der Waals surface area contributed by atoms with E-state index < -0.39 is 0 Å². The van der Waals surface area contributed by atoms with Crippen LogP contribution in [0.25, 0.3) is 5.69 Å². The molecule has 7 rings (SSSR count). The number of fused-ring (bicyclic) bond motifs is 4. The van der Waals surface area contributed by atoms with E-state index in [1.807, 2.05) is 35.0 Å². The number of nitrogens with zero attached hydrogens (tertiary/aromatic N) is 5. The molecule has 0 unspecified atom stereocenters. The minimum atomic E-state index is -0.0980. The summed E-state index contributed by atoms with van der Waals surface area (Å²) in [5, 5.41) is 5.71. The Balaban J connectivity index is 1.48. The highest BCUT2D eigenvalue weighted by Gasteiger charge is 2.44. The van der Waals surface area contributed by atoms with Gasteiger partial charge in [-0.1, -0.05) is 84.4 Å². The summed E-state index contributed by atoms with van der Waals surface area (Å²) in [6.07, 6.45) is 0. The van der Waals surface area contributed by atoms with Crippen LogP contribution in [0.3, 0.4) is 0 Å². The first-order valence-electron chi connectivity index (χ1n) is 12.4. The van der Waals surface area contributed by atoms with Gasteiger partial charge in [0.25, 0.3) is 0 Å². The summed E-state index contributed by atoms with van der Waals surface area (Å²) in [6, 6.07) is 37.4. The molecule has 1 aromatic heterocycles. The monoisotopic (exact) mass is 501 g/mol. The quantitative estimate of drug-likeness (QED) is 0.256. The standard InChI is InChI=1S/C31H24ClN5/c1-21-28-29(23-16-18-24(32)19-17-23)36-27-15-9-8-14-26(27)35(20-22-10-4-2-5-11-22)31(36)33-30(28)37(34-21)25-12-6-3-7-13-25/h2-19,29H,20H2,1H3/t29-/m0/s1. The molecule has 0 saturated heterocycles. The van der Waals surface area contributed by atoms with Crippen LogP contribution in [0.15, 0.2) is 114 Å². The summed E-state index contributed by atoms with van der Waals surface area (Å²) < 4.78 is 1.97. The lowest BCUT2D eigenvalue weighted by Crippen LogP contribution is -2.42. The molecule has 0 saturated carbocycles. The summed E-state index contributed by atoms with van der Waals surface area (Å²) in [4.78, 5) is 10.0. The molecule has 0 amide bonds. The maximum Gasteiger partial charge on any atom is 0.213 e. The van der Waals surface area contributed by atoms with Gasteiger partial charge in [-0.05, 0) is 54.4 Å². The summed E-state index contributed by atoms with van der Waals surface area (Å²) in [6.45, 7) is 2.79. The average Bonchev–Trinajstić information content (AvgIpc) is 3.44. The molecule has 0 aliphatic carbocycles. The lowest BCUT2D eigenvalue weighted by Gasteiger charge is -2.35. The Hall–Kier alpha value is -4.35. The van der Waals surface area contributed by atoms with E-state index in [-0.39, 0.29) is 6.04 Å². The molecule has 0 fully saturated rings. The van der Waals surface area contributed by atoms with Gasteiger partial charge in [-0.15, -0.1) is 0 Å². The number of hydrogen-bond acceptors (Lipinski definition) is 4. The molecule has 5 nitrogen and oxygen atoms in total. The number of aryl methyl sites for hydroxylation is 1. The zero-order valence-electron chi connectivity index (χ0n) is 20.3. The van der Waals surface area contributed by atoms with Crippen molar-refractivity contribution < 1.29 is 0 Å². The van der Waals surface area contributed by atoms with Gasteiger partial charge in [0.1, 0.15) is 0 Å². The Morgan fingerprint density at radius 1 is 0.757 bits per heavy atom. The molecular formula is C31H24ClN5. The molecule has 1 atom stereocenters. The molecular weight excluding hydrogens is 478 g/mol. The second kappa shape index (κ2) is 8.64. The first kappa shape index (κ1) is 21.9. The Bertz CT molecular complexity index is 1620. The van der Waals surface area contributed by atoms with Gasteiger partial charge < -0.3 is 4.90 Å². The van der Waals surface area contributed by atoms with Crippen molar-refractivity contribution in [2.24, 2.45) is 4.99 Å². The predicted molar refractivity (Wildman–Crippen MR) is 150 cm³/mol. The number of aliphatic imine (C=N–C) groups is 1. The van der Waals surface area contributed by atoms with E-state index in [0.29, 0.717) is 6.54 Å². The molecule has 6 heteroatoms. The fourth-order valence-electron chi connectivity index (χ4n) is 5.42. The summed E-state index contributed by atoms with van der Waals surface area (Å²) >= 11 is 6.31. The van der Waals surface area contributed by atoms with Crippen molar-refractivity contribution in [2.45, 2.75) is 19.5 Å². The highest BCUT2D eigenvalue weighted by Crippen LogP contribution is 2.51. The molecule has 37 heavy (non-hydrogen) atoms. The van der Waals surface area contributed by atoms with E-state index in [4.69, 9.17) is 21.7 Å². The lowest BCUT2D eigenvalue weighted by atomic mass is 9.95. The van der Waals surface area contributed by atoms with Crippen LogP contribution >= 0.6 is 11.6 Å². The van der Waals surface area contributed by atoms with Crippen LogP contribution in [0.2, 0.25) is 5.02 Å². The number of benzene rings is 4. The number of para-hydroxylation sites is 3. The Labute approximate surface area is 220 Å². The Morgan fingerprint density at radius 3 is 2.14 bits per heavy atom. The molecule has 3 heterocycles. The number of rotatable bonds is 4. The molecule has 180 valence electrons. The zero-order chi connectivity index (χ0) is 24.9. The van der Waals surface area contributed by atoms with E-state index in [0.717, 1.165) is 50.7 Å². The Morgan fingerprint density at radius 2 is 1.41 bits per heavy atom. The average molecular weight is 502 g/mol. The summed E-state index contributed by atoms with van der Waals surface area (Å²) in [5.41, 5.74) is 7.70. The van der Waals surface area contributed by atoms with Gasteiger partial charge in [0.2, 0.25) is 5.96 Å². The summed E-state index contributed by atoms with van der Waals surface area (Å²) in [7, 11) is 0. The number of hydrogen-bond donors (Lipinski definition) is 0. The van der Waals surface area contributed by atoms with Crippen LogP contribution in [0.1, 0.15) is 28.4 Å². The van der Waals surface area contributed by atoms with Gasteiger partial charge in [0, 0.05) is 10.6 Å². The number of guanidine groups is 1. The van der Waals surface area contributed by atoms with E-state index in [1.54, 1.807) is 0 Å². The zero-order valence-corrected chi connectivity index (χ0v) is 21.0. The maximum absolute atomic E-state index is 6.31. The van der Waals surface area contributed by atoms with E-state index in [1.165, 1.54) is 5.56 Å². The highest BCUT2D eigenvalue weighted by atomic mass is 35.5. The Kier molecular flexibility index (Phi) is 5.11. The van der Waals surface area contributed by atoms with Crippen molar-refractivity contribution in [3.05, 3.63) is 137 Å². The largest absolute Gasteiger partial charge is 0.305 e. The van der Waals surface area contributed by atoms with Crippen LogP contribution in [0.5, 0.6) is 0 Å². The molecule has 0 N–H and O–H groups in total. The van der Waals surface area contributed by atoms with Crippen LogP contribution in [0.4, 0.5) is 17.2 Å². The van der Waals surface area contributed by atoms with E-state index >= 15 is 0 Å². The number of aromatic nitrogens is 2. The van der Waals surface area contributed by atoms with Crippen molar-refractivity contribution in [1.29, 1.82) is 0 Å². The smallest absolute Gasteiger partial charge is 0.213 e. The third-order valence-electron chi connectivity index (χ3n) is 7.08. The first-order chi connectivity index (χ1) is 18.2. The van der Waals surface area contributed by atoms with E-state index in [9.17, 15) is 0 Å². The van der Waals surface area contributed by atoms with E-state index in [2.05, 4.69) is 95.6 Å². The molecule has 0 radical (unpaired) electrons. The molecule has 0 bridgehead atoms. The second-order valence-electron chi connectivity index (χ2n) is 9.37. The van der Waals surface area contributed by atoms with Crippen molar-refractivity contribution in [3.8, 4) is 5.69 Å². The predicted octanol–water partition coefficient (Wildman–Crippen LogP) is 7.45. The lowest BCUT2D eigenvalue weighted by molar-refractivity contribution is 0.811. The maximum atomic E-state index is 6.31. The molecule has 0 spiro atoms. The molecule has 2 aliphatic heterocycles. The minimum Gasteiger partial charge on any atom is -0.305 e. The van der Waals surface area contributed by atoms with Gasteiger partial charge in [-0.25, -0.2) is 4.68 Å². The molecule has 2 aliphatic rings. The van der Waals surface area contributed by atoms with Crippen molar-refractivity contribution in [2.75, 3.05) is 9.80 Å².